The second kappa shape index (κ2) is 9.31. The zero-order valence-corrected chi connectivity index (χ0v) is 24.9. The van der Waals surface area contributed by atoms with Crippen LogP contribution in [-0.4, -0.2) is 73.5 Å². The van der Waals surface area contributed by atoms with Gasteiger partial charge < -0.3 is 23.7 Å². The van der Waals surface area contributed by atoms with Gasteiger partial charge in [0.05, 0.1) is 18.3 Å². The van der Waals surface area contributed by atoms with Crippen LogP contribution in [0.15, 0.2) is 36.5 Å². The average molecular weight is 579 g/mol. The van der Waals surface area contributed by atoms with Gasteiger partial charge in [0.25, 0.3) is 5.91 Å². The van der Waals surface area contributed by atoms with Crippen LogP contribution in [0.3, 0.4) is 0 Å². The van der Waals surface area contributed by atoms with E-state index in [1.54, 1.807) is 7.11 Å². The molecular weight excluding hydrogens is 540 g/mol. The van der Waals surface area contributed by atoms with Crippen molar-refractivity contribution < 1.29 is 14.3 Å². The van der Waals surface area contributed by atoms with Crippen LogP contribution in [0.1, 0.15) is 49.4 Å². The number of hydrogen-bond donors (Lipinski definition) is 0. The minimum atomic E-state index is 0.105. The van der Waals surface area contributed by atoms with Gasteiger partial charge in [-0.2, -0.15) is 0 Å². The van der Waals surface area contributed by atoms with Crippen molar-refractivity contribution in [1.82, 2.24) is 28.9 Å². The maximum absolute atomic E-state index is 13.9. The molecule has 9 nitrogen and oxygen atoms in total. The quantitative estimate of drug-likeness (QED) is 0.299. The summed E-state index contributed by atoms with van der Waals surface area (Å²) in [5.41, 5.74) is 4.38. The summed E-state index contributed by atoms with van der Waals surface area (Å²) < 4.78 is 10.6. The molecule has 1 aromatic carbocycles. The zero-order chi connectivity index (χ0) is 29.0. The number of hydrogen-bond acceptors (Lipinski definition) is 5. The Hall–Kier alpha value is -3.88. The van der Waals surface area contributed by atoms with Crippen molar-refractivity contribution in [3.8, 4) is 17.3 Å². The van der Waals surface area contributed by atoms with Gasteiger partial charge in [-0.25, -0.2) is 9.97 Å². The first-order valence-electron chi connectivity index (χ1n) is 16.1. The second-order valence-corrected chi connectivity index (χ2v) is 13.7. The number of aromatic nitrogens is 4. The molecule has 3 saturated carbocycles. The van der Waals surface area contributed by atoms with Crippen LogP contribution in [0.5, 0.6) is 5.75 Å². The molecule has 5 fully saturated rings. The molecule has 222 valence electrons. The Morgan fingerprint density at radius 1 is 1.00 bits per heavy atom. The molecular formula is C34H38N6O3. The molecule has 4 atom stereocenters. The first-order chi connectivity index (χ1) is 21.0. The Balaban J connectivity index is 1.16. The molecule has 9 rings (SSSR count). The van der Waals surface area contributed by atoms with Crippen LogP contribution in [0.4, 0.5) is 0 Å². The van der Waals surface area contributed by atoms with Crippen molar-refractivity contribution in [2.75, 3.05) is 26.7 Å². The monoisotopic (exact) mass is 578 g/mol. The number of rotatable bonds is 8. The number of benzene rings is 1. The highest BCUT2D eigenvalue weighted by atomic mass is 16.5. The number of carbonyl (C=O) groups is 2. The smallest absolute Gasteiger partial charge is 0.254 e. The largest absolute Gasteiger partial charge is 0.494 e. The number of methoxy groups -OCH3 is 1. The number of fused-ring (bicyclic) bond motifs is 2. The van der Waals surface area contributed by atoms with E-state index in [1.165, 1.54) is 19.3 Å². The van der Waals surface area contributed by atoms with Crippen LogP contribution in [0.25, 0.3) is 33.6 Å². The average Bonchev–Trinajstić information content (AvgIpc) is 3.64. The molecule has 2 saturated heterocycles. The van der Waals surface area contributed by atoms with E-state index in [0.29, 0.717) is 41.5 Å². The first-order valence-corrected chi connectivity index (χ1v) is 16.1. The van der Waals surface area contributed by atoms with E-state index in [9.17, 15) is 9.59 Å². The van der Waals surface area contributed by atoms with Crippen molar-refractivity contribution >= 4 is 33.9 Å². The number of nitrogens with zero attached hydrogens (tertiary/aromatic N) is 6. The van der Waals surface area contributed by atoms with E-state index < -0.39 is 0 Å². The third-order valence-electron chi connectivity index (χ3n) is 11.1. The number of pyridine rings is 1. The maximum Gasteiger partial charge on any atom is 0.254 e. The molecule has 5 heterocycles. The van der Waals surface area contributed by atoms with Crippen molar-refractivity contribution in [2.24, 2.45) is 29.6 Å². The molecule has 0 spiro atoms. The fourth-order valence-electron chi connectivity index (χ4n) is 8.63. The van der Waals surface area contributed by atoms with Crippen LogP contribution in [-0.2, 0) is 17.9 Å². The fourth-order valence-corrected chi connectivity index (χ4v) is 8.63. The van der Waals surface area contributed by atoms with Gasteiger partial charge in [0.15, 0.2) is 5.82 Å². The Kier molecular flexibility index (Phi) is 5.54. The third kappa shape index (κ3) is 3.82. The summed E-state index contributed by atoms with van der Waals surface area (Å²) >= 11 is 0. The van der Waals surface area contributed by atoms with Crippen LogP contribution >= 0.6 is 0 Å². The van der Waals surface area contributed by atoms with Crippen LogP contribution in [0, 0.1) is 29.6 Å². The molecule has 5 aliphatic rings. The molecule has 4 aromatic rings. The van der Waals surface area contributed by atoms with Crippen molar-refractivity contribution in [1.29, 1.82) is 0 Å². The zero-order valence-electron chi connectivity index (χ0n) is 24.9. The van der Waals surface area contributed by atoms with E-state index in [2.05, 4.69) is 26.2 Å². The lowest BCUT2D eigenvalue weighted by Gasteiger charge is -2.52. The van der Waals surface area contributed by atoms with Gasteiger partial charge >= 0.3 is 0 Å². The van der Waals surface area contributed by atoms with Gasteiger partial charge in [-0.3, -0.25) is 9.59 Å². The van der Waals surface area contributed by atoms with E-state index in [-0.39, 0.29) is 11.8 Å². The molecule has 43 heavy (non-hydrogen) atoms. The standard InChI is InChI=1S/C34H38N6O3/c1-3-29(41)37-14-20(15-37)17-40-31-25(36-33(40)27-11-21-5-4-8-35-32(21)38(27)16-19-6-7-19)10-23(13-28(31)43-2)34(42)39-18-24-9-22-12-26(39)30(22)24/h4-5,8,10-11,13,19-20,22,24,26,30H,3,6-7,9,12,14-18H2,1-2H3/t22?,24?,26?,30-/m1/s1. The predicted octanol–water partition coefficient (Wildman–Crippen LogP) is 4.82. The summed E-state index contributed by atoms with van der Waals surface area (Å²) in [6.45, 7) is 5.94. The second-order valence-electron chi connectivity index (χ2n) is 13.7. The van der Waals surface area contributed by atoms with E-state index >= 15 is 0 Å². The number of carbonyl (C=O) groups excluding carboxylic acids is 2. The molecule has 2 amide bonds. The minimum absolute atomic E-state index is 0.105. The molecule has 3 unspecified atom stereocenters. The summed E-state index contributed by atoms with van der Waals surface area (Å²) in [6.07, 6.45) is 7.32. The van der Waals surface area contributed by atoms with Crippen LogP contribution < -0.4 is 4.74 Å². The van der Waals surface area contributed by atoms with E-state index in [4.69, 9.17) is 14.7 Å². The summed E-state index contributed by atoms with van der Waals surface area (Å²) in [7, 11) is 1.69. The van der Waals surface area contributed by atoms with Gasteiger partial charge in [0.1, 0.15) is 16.9 Å². The highest BCUT2D eigenvalue weighted by Gasteiger charge is 2.61. The molecule has 3 aliphatic carbocycles. The predicted molar refractivity (Wildman–Crippen MR) is 163 cm³/mol. The SMILES string of the molecule is CCC(=O)N1CC(Cn2c(-c3cc4cccnc4n3CC3CC3)nc3cc(C(=O)N4CC5CC6CC4[C@H]65)cc(OC)c32)C1. The van der Waals surface area contributed by atoms with Crippen molar-refractivity contribution in [2.45, 2.75) is 58.2 Å². The highest BCUT2D eigenvalue weighted by molar-refractivity contribution is 6.00. The van der Waals surface area contributed by atoms with Gasteiger partial charge in [-0.15, -0.1) is 0 Å². The molecule has 0 radical (unpaired) electrons. The summed E-state index contributed by atoms with van der Waals surface area (Å²) in [4.78, 5) is 40.4. The number of likely N-dealkylation sites (tertiary alicyclic amines) is 2. The Labute approximate surface area is 250 Å². The van der Waals surface area contributed by atoms with Crippen molar-refractivity contribution in [3.05, 3.63) is 42.1 Å². The van der Waals surface area contributed by atoms with Gasteiger partial charge in [0.2, 0.25) is 5.91 Å². The van der Waals surface area contributed by atoms with Crippen molar-refractivity contribution in [3.63, 3.8) is 0 Å². The number of ether oxygens (including phenoxy) is 1. The Morgan fingerprint density at radius 2 is 1.84 bits per heavy atom. The van der Waals surface area contributed by atoms with Gasteiger partial charge in [-0.05, 0) is 79.7 Å². The Bertz CT molecular complexity index is 1800. The van der Waals surface area contributed by atoms with E-state index in [1.807, 2.05) is 36.2 Å². The lowest BCUT2D eigenvalue weighted by Crippen LogP contribution is -2.53. The summed E-state index contributed by atoms with van der Waals surface area (Å²) in [5, 5.41) is 1.10. The fraction of sp³-hybridized carbons (Fsp3) is 0.529. The molecule has 9 heteroatoms. The number of amides is 2. The van der Waals surface area contributed by atoms with Gasteiger partial charge in [0, 0.05) is 68.3 Å². The Morgan fingerprint density at radius 3 is 2.58 bits per heavy atom. The topological polar surface area (TPSA) is 85.5 Å². The summed E-state index contributed by atoms with van der Waals surface area (Å²) in [5.74, 6) is 5.10. The number of imidazole rings is 1. The molecule has 3 aromatic heterocycles. The highest BCUT2D eigenvalue weighted by Crippen LogP contribution is 2.60. The minimum Gasteiger partial charge on any atom is -0.494 e. The summed E-state index contributed by atoms with van der Waals surface area (Å²) in [6, 6.07) is 10.6. The van der Waals surface area contributed by atoms with Crippen LogP contribution in [0.2, 0.25) is 0 Å². The first kappa shape index (κ1) is 25.6. The molecule has 0 bridgehead atoms. The van der Waals surface area contributed by atoms with E-state index in [0.717, 1.165) is 84.6 Å². The normalized spacial score (nSPS) is 25.9. The third-order valence-corrected chi connectivity index (χ3v) is 11.1. The molecule has 0 N–H and O–H groups in total. The lowest BCUT2D eigenvalue weighted by atomic mass is 9.53. The maximum atomic E-state index is 13.9. The molecule has 2 aliphatic heterocycles. The lowest BCUT2D eigenvalue weighted by molar-refractivity contribution is -0.137. The van der Waals surface area contributed by atoms with Gasteiger partial charge in [-0.1, -0.05) is 6.92 Å².